The van der Waals surface area contributed by atoms with Crippen LogP contribution in [0.3, 0.4) is 0 Å². The first-order chi connectivity index (χ1) is 11.9. The second-order valence-corrected chi connectivity index (χ2v) is 5.32. The molecule has 1 atom stereocenters. The molecule has 25 heavy (non-hydrogen) atoms. The summed E-state index contributed by atoms with van der Waals surface area (Å²) in [5.41, 5.74) is 1.23. The number of benzene rings is 1. The first kappa shape index (κ1) is 18.1. The summed E-state index contributed by atoms with van der Waals surface area (Å²) < 4.78 is 6.29. The zero-order valence-corrected chi connectivity index (χ0v) is 13.5. The minimum atomic E-state index is -1.30. The third-order valence-corrected chi connectivity index (χ3v) is 3.46. The molecule has 132 valence electrons. The largest absolute Gasteiger partial charge is 0.481 e. The van der Waals surface area contributed by atoms with Gasteiger partial charge in [0.2, 0.25) is 0 Å². The number of ether oxygens (including phenoxy) is 1. The molecule has 0 amide bonds. The Morgan fingerprint density at radius 1 is 1.40 bits per heavy atom. The van der Waals surface area contributed by atoms with E-state index in [0.717, 1.165) is 0 Å². The summed E-state index contributed by atoms with van der Waals surface area (Å²) in [6, 6.07) is 6.15. The van der Waals surface area contributed by atoms with Crippen molar-refractivity contribution >= 4 is 17.6 Å². The van der Waals surface area contributed by atoms with Crippen molar-refractivity contribution in [3.63, 3.8) is 0 Å². The summed E-state index contributed by atoms with van der Waals surface area (Å²) in [4.78, 5) is 33.2. The number of carbonyl (C=O) groups excluding carboxylic acids is 1. The van der Waals surface area contributed by atoms with Crippen LogP contribution >= 0.6 is 0 Å². The smallest absolute Gasteiger partial charge is 0.320 e. The summed E-state index contributed by atoms with van der Waals surface area (Å²) in [6.45, 7) is 2.00. The van der Waals surface area contributed by atoms with Crippen LogP contribution in [0.25, 0.3) is 0 Å². The average Bonchev–Trinajstić information content (AvgIpc) is 3.00. The molecule has 0 saturated carbocycles. The van der Waals surface area contributed by atoms with Crippen molar-refractivity contribution < 1.29 is 24.4 Å². The number of aliphatic carboxylic acids is 1. The Labute approximate surface area is 143 Å². The number of hydrogen-bond donors (Lipinski definition) is 1. The number of nitrogens with zero attached hydrogens (tertiary/aromatic N) is 3. The van der Waals surface area contributed by atoms with Crippen LogP contribution in [0.2, 0.25) is 0 Å². The molecule has 1 heterocycles. The topological polar surface area (TPSA) is 125 Å². The molecule has 2 rings (SSSR count). The van der Waals surface area contributed by atoms with Gasteiger partial charge >= 0.3 is 11.9 Å². The summed E-state index contributed by atoms with van der Waals surface area (Å²) in [5.74, 6) is -3.35. The number of non-ortho nitro benzene ring substituents is 1. The van der Waals surface area contributed by atoms with E-state index in [4.69, 9.17) is 9.84 Å². The molecule has 0 aliphatic heterocycles. The highest BCUT2D eigenvalue weighted by molar-refractivity contribution is 5.94. The Balaban J connectivity index is 2.09. The molecule has 2 aromatic rings. The van der Waals surface area contributed by atoms with Gasteiger partial charge in [-0.15, -0.1) is 0 Å². The Bertz CT molecular complexity index is 786. The first-order valence-corrected chi connectivity index (χ1v) is 7.54. The van der Waals surface area contributed by atoms with E-state index in [1.54, 1.807) is 25.3 Å². The second kappa shape index (κ2) is 8.04. The van der Waals surface area contributed by atoms with E-state index in [9.17, 15) is 19.7 Å². The molecule has 0 aliphatic rings. The number of nitro benzene ring substituents is 1. The summed E-state index contributed by atoms with van der Waals surface area (Å²) in [6.07, 6.45) is 3.03. The van der Waals surface area contributed by atoms with Crippen molar-refractivity contribution in [3.05, 3.63) is 57.9 Å². The number of esters is 1. The molecule has 9 nitrogen and oxygen atoms in total. The SMILES string of the molecule is CCOC(=O)C(Cc1cnn(Cc2cccc([N+](=O)[O-])c2)c1)C(=O)O. The lowest BCUT2D eigenvalue weighted by Gasteiger charge is -2.09. The number of carboxylic acid groups (broad SMARTS) is 1. The van der Waals surface area contributed by atoms with Gasteiger partial charge in [-0.1, -0.05) is 12.1 Å². The van der Waals surface area contributed by atoms with Crippen LogP contribution in [0, 0.1) is 16.0 Å². The number of hydrogen-bond acceptors (Lipinski definition) is 6. The molecule has 0 bridgehead atoms. The lowest BCUT2D eigenvalue weighted by atomic mass is 10.0. The van der Waals surface area contributed by atoms with Crippen molar-refractivity contribution in [3.8, 4) is 0 Å². The zero-order chi connectivity index (χ0) is 18.4. The standard InChI is InChI=1S/C16H17N3O6/c1-2-25-16(22)14(15(20)21)7-12-8-17-18(10-12)9-11-4-3-5-13(6-11)19(23)24/h3-6,8,10,14H,2,7,9H2,1H3,(H,20,21). The van der Waals surface area contributed by atoms with E-state index in [0.29, 0.717) is 17.7 Å². The normalized spacial score (nSPS) is 11.7. The van der Waals surface area contributed by atoms with E-state index >= 15 is 0 Å². The highest BCUT2D eigenvalue weighted by Crippen LogP contribution is 2.15. The van der Waals surface area contributed by atoms with Crippen molar-refractivity contribution in [1.82, 2.24) is 9.78 Å². The van der Waals surface area contributed by atoms with Crippen molar-refractivity contribution in [2.75, 3.05) is 6.61 Å². The second-order valence-electron chi connectivity index (χ2n) is 5.32. The maximum atomic E-state index is 11.7. The molecule has 0 fully saturated rings. The predicted molar refractivity (Wildman–Crippen MR) is 85.9 cm³/mol. The monoisotopic (exact) mass is 347 g/mol. The highest BCUT2D eigenvalue weighted by atomic mass is 16.6. The first-order valence-electron chi connectivity index (χ1n) is 7.54. The van der Waals surface area contributed by atoms with E-state index in [1.807, 2.05) is 0 Å². The van der Waals surface area contributed by atoms with Gasteiger partial charge in [-0.2, -0.15) is 5.10 Å². The molecule has 1 unspecified atom stereocenters. The molecule has 0 aliphatic carbocycles. The van der Waals surface area contributed by atoms with Crippen LogP contribution < -0.4 is 0 Å². The van der Waals surface area contributed by atoms with Crippen molar-refractivity contribution in [2.24, 2.45) is 5.92 Å². The fourth-order valence-corrected chi connectivity index (χ4v) is 2.30. The quantitative estimate of drug-likeness (QED) is 0.333. The Hall–Kier alpha value is -3.23. The minimum Gasteiger partial charge on any atom is -0.481 e. The fraction of sp³-hybridized carbons (Fsp3) is 0.312. The Kier molecular flexibility index (Phi) is 5.83. The van der Waals surface area contributed by atoms with Gasteiger partial charge in [0.15, 0.2) is 5.92 Å². The summed E-state index contributed by atoms with van der Waals surface area (Å²) in [7, 11) is 0. The maximum absolute atomic E-state index is 11.7. The lowest BCUT2D eigenvalue weighted by Crippen LogP contribution is -2.27. The van der Waals surface area contributed by atoms with E-state index < -0.39 is 22.8 Å². The van der Waals surface area contributed by atoms with Crippen LogP contribution in [0.5, 0.6) is 0 Å². The van der Waals surface area contributed by atoms with Crippen molar-refractivity contribution in [2.45, 2.75) is 19.9 Å². The molecule has 1 aromatic heterocycles. The van der Waals surface area contributed by atoms with Gasteiger partial charge < -0.3 is 9.84 Å². The number of aromatic nitrogens is 2. The number of nitro groups is 1. The lowest BCUT2D eigenvalue weighted by molar-refractivity contribution is -0.384. The minimum absolute atomic E-state index is 0.0156. The predicted octanol–water partition coefficient (Wildman–Crippen LogP) is 1.65. The number of rotatable bonds is 8. The van der Waals surface area contributed by atoms with E-state index in [1.165, 1.54) is 23.0 Å². The van der Waals surface area contributed by atoms with Crippen molar-refractivity contribution in [1.29, 1.82) is 0 Å². The third-order valence-electron chi connectivity index (χ3n) is 3.46. The summed E-state index contributed by atoms with van der Waals surface area (Å²) in [5, 5.41) is 24.1. The van der Waals surface area contributed by atoms with E-state index in [-0.39, 0.29) is 18.7 Å². The van der Waals surface area contributed by atoms with Gasteiger partial charge in [0, 0.05) is 18.3 Å². The Morgan fingerprint density at radius 2 is 2.16 bits per heavy atom. The zero-order valence-electron chi connectivity index (χ0n) is 13.5. The maximum Gasteiger partial charge on any atom is 0.320 e. The molecular formula is C16H17N3O6. The van der Waals surface area contributed by atoms with Gasteiger partial charge in [-0.05, 0) is 24.5 Å². The van der Waals surface area contributed by atoms with Gasteiger partial charge in [0.25, 0.3) is 5.69 Å². The fourth-order valence-electron chi connectivity index (χ4n) is 2.30. The number of carbonyl (C=O) groups is 2. The molecule has 0 spiro atoms. The molecule has 0 radical (unpaired) electrons. The molecule has 0 saturated heterocycles. The Morgan fingerprint density at radius 3 is 2.80 bits per heavy atom. The van der Waals surface area contributed by atoms with Gasteiger partial charge in [0.1, 0.15) is 0 Å². The van der Waals surface area contributed by atoms with E-state index in [2.05, 4.69) is 5.10 Å². The van der Waals surface area contributed by atoms with Gasteiger partial charge in [0.05, 0.1) is 24.3 Å². The van der Waals surface area contributed by atoms with Gasteiger partial charge in [-0.3, -0.25) is 24.4 Å². The molecule has 9 heteroatoms. The average molecular weight is 347 g/mol. The third kappa shape index (κ3) is 4.87. The van der Waals surface area contributed by atoms with Crippen LogP contribution in [0.1, 0.15) is 18.1 Å². The van der Waals surface area contributed by atoms with Gasteiger partial charge in [-0.25, -0.2) is 0 Å². The number of carboxylic acids is 1. The van der Waals surface area contributed by atoms with Crippen LogP contribution in [-0.4, -0.2) is 38.4 Å². The van der Waals surface area contributed by atoms with Crippen LogP contribution in [0.4, 0.5) is 5.69 Å². The summed E-state index contributed by atoms with van der Waals surface area (Å²) >= 11 is 0. The molecular weight excluding hydrogens is 330 g/mol. The van der Waals surface area contributed by atoms with Crippen LogP contribution in [-0.2, 0) is 27.3 Å². The molecule has 1 aromatic carbocycles. The highest BCUT2D eigenvalue weighted by Gasteiger charge is 2.28. The van der Waals surface area contributed by atoms with Crippen LogP contribution in [0.15, 0.2) is 36.7 Å². The molecule has 1 N–H and O–H groups in total.